The fourth-order valence-electron chi connectivity index (χ4n) is 3.86. The van der Waals surface area contributed by atoms with E-state index in [0.717, 1.165) is 5.56 Å². The molecular formula is C26H17F6N3O2S. The SMILES string of the molecule is Cc1ccc([S@](=O)C2=C(c3ccccn3)OC(N)=C(C#N)[C@H]2c2cc(C(F)(F)F)cc(C(F)(F)F)c2)cc1. The summed E-state index contributed by atoms with van der Waals surface area (Å²) in [6.07, 6.45) is -8.93. The second-order valence-electron chi connectivity index (χ2n) is 8.25. The molecule has 4 rings (SSSR count). The molecule has 2 heterocycles. The smallest absolute Gasteiger partial charge is 0.416 e. The Morgan fingerprint density at radius 3 is 2.08 bits per heavy atom. The van der Waals surface area contributed by atoms with Gasteiger partial charge >= 0.3 is 12.4 Å². The Bertz CT molecular complexity index is 1470. The second kappa shape index (κ2) is 9.98. The van der Waals surface area contributed by atoms with Crippen molar-refractivity contribution < 1.29 is 35.3 Å². The molecule has 0 saturated heterocycles. The highest BCUT2D eigenvalue weighted by Gasteiger charge is 2.42. The number of nitrogens with two attached hydrogens (primary N) is 1. The fourth-order valence-corrected chi connectivity index (χ4v) is 5.28. The minimum absolute atomic E-state index is 0.0259. The first-order valence-electron chi connectivity index (χ1n) is 10.8. The number of hydrogen-bond donors (Lipinski definition) is 1. The third-order valence-corrected chi connectivity index (χ3v) is 7.17. The number of rotatable bonds is 4. The van der Waals surface area contributed by atoms with Gasteiger partial charge in [-0.05, 0) is 55.0 Å². The van der Waals surface area contributed by atoms with Crippen LogP contribution in [0.1, 0.15) is 33.9 Å². The quantitative estimate of drug-likeness (QED) is 0.380. The monoisotopic (exact) mass is 549 g/mol. The van der Waals surface area contributed by atoms with E-state index in [-0.39, 0.29) is 27.3 Å². The fraction of sp³-hybridized carbons (Fsp3) is 0.154. The summed E-state index contributed by atoms with van der Waals surface area (Å²) < 4.78 is 102. The van der Waals surface area contributed by atoms with E-state index in [9.17, 15) is 35.8 Å². The van der Waals surface area contributed by atoms with Crippen LogP contribution in [0.5, 0.6) is 0 Å². The molecule has 0 amide bonds. The Morgan fingerprint density at radius 1 is 0.974 bits per heavy atom. The number of halogens is 6. The molecule has 5 nitrogen and oxygen atoms in total. The van der Waals surface area contributed by atoms with Crippen LogP contribution in [0.15, 0.2) is 88.1 Å². The summed E-state index contributed by atoms with van der Waals surface area (Å²) in [6.45, 7) is 1.77. The van der Waals surface area contributed by atoms with Crippen molar-refractivity contribution in [2.45, 2.75) is 30.1 Å². The van der Waals surface area contributed by atoms with Crippen LogP contribution in [0.25, 0.3) is 5.76 Å². The average Bonchev–Trinajstić information content (AvgIpc) is 2.87. The molecule has 1 aliphatic heterocycles. The summed E-state index contributed by atoms with van der Waals surface area (Å²) in [5.74, 6) is -2.47. The molecule has 3 aromatic rings. The molecule has 1 aliphatic rings. The number of aromatic nitrogens is 1. The van der Waals surface area contributed by atoms with Crippen LogP contribution in [-0.2, 0) is 27.9 Å². The zero-order valence-electron chi connectivity index (χ0n) is 19.4. The van der Waals surface area contributed by atoms with Gasteiger partial charge in [-0.3, -0.25) is 4.98 Å². The minimum atomic E-state index is -5.15. The van der Waals surface area contributed by atoms with Crippen molar-refractivity contribution >= 4 is 16.6 Å². The normalized spacial score (nSPS) is 17.2. The number of aryl methyl sites for hydroxylation is 1. The van der Waals surface area contributed by atoms with E-state index in [1.165, 1.54) is 24.4 Å². The maximum atomic E-state index is 13.9. The van der Waals surface area contributed by atoms with Crippen LogP contribution in [0.3, 0.4) is 0 Å². The van der Waals surface area contributed by atoms with Crippen molar-refractivity contribution in [3.05, 3.63) is 111 Å². The molecule has 12 heteroatoms. The van der Waals surface area contributed by atoms with Crippen molar-refractivity contribution in [2.24, 2.45) is 5.73 Å². The highest BCUT2D eigenvalue weighted by atomic mass is 32.2. The summed E-state index contributed by atoms with van der Waals surface area (Å²) in [4.78, 5) is 4.03. The molecular weight excluding hydrogens is 532 g/mol. The van der Waals surface area contributed by atoms with Gasteiger partial charge in [0.15, 0.2) is 5.76 Å². The molecule has 0 saturated carbocycles. The van der Waals surface area contributed by atoms with Crippen LogP contribution >= 0.6 is 0 Å². The van der Waals surface area contributed by atoms with Gasteiger partial charge in [0.2, 0.25) is 5.88 Å². The molecule has 2 N–H and O–H groups in total. The van der Waals surface area contributed by atoms with Gasteiger partial charge in [-0.15, -0.1) is 0 Å². The molecule has 196 valence electrons. The summed E-state index contributed by atoms with van der Waals surface area (Å²) in [7, 11) is -2.22. The number of nitriles is 1. The van der Waals surface area contributed by atoms with Gasteiger partial charge in [0.05, 0.1) is 32.7 Å². The first-order chi connectivity index (χ1) is 17.8. The van der Waals surface area contributed by atoms with E-state index < -0.39 is 57.2 Å². The van der Waals surface area contributed by atoms with Crippen molar-refractivity contribution in [2.75, 3.05) is 0 Å². The maximum absolute atomic E-state index is 13.9. The molecule has 2 aromatic carbocycles. The van der Waals surface area contributed by atoms with Gasteiger partial charge in [0.25, 0.3) is 0 Å². The van der Waals surface area contributed by atoms with Crippen LogP contribution in [0.2, 0.25) is 0 Å². The molecule has 0 radical (unpaired) electrons. The Balaban J connectivity index is 2.08. The van der Waals surface area contributed by atoms with Crippen molar-refractivity contribution in [1.82, 2.24) is 4.98 Å². The molecule has 0 aliphatic carbocycles. The summed E-state index contributed by atoms with van der Waals surface area (Å²) in [5.41, 5.74) is 2.56. The first-order valence-corrected chi connectivity index (χ1v) is 12.0. The number of benzene rings is 2. The zero-order chi connectivity index (χ0) is 27.8. The van der Waals surface area contributed by atoms with Crippen molar-refractivity contribution in [3.63, 3.8) is 0 Å². The lowest BCUT2D eigenvalue weighted by atomic mass is 9.87. The van der Waals surface area contributed by atoms with E-state index in [4.69, 9.17) is 10.5 Å². The standard InChI is InChI=1S/C26H17F6N3O2S/c1-14-5-7-18(8-6-14)38(36)23-21(15-10-16(25(27,28)29)12-17(11-15)26(30,31)32)19(13-33)24(34)37-22(23)20-4-2-3-9-35-20/h2-12,21H,34H2,1H3/t21-,38+/m1/s1. The van der Waals surface area contributed by atoms with Gasteiger partial charge in [0, 0.05) is 11.1 Å². The second-order valence-corrected chi connectivity index (χ2v) is 9.70. The Hall–Kier alpha value is -4.11. The number of allylic oxidation sites excluding steroid dienone is 2. The predicted octanol–water partition coefficient (Wildman–Crippen LogP) is 6.41. The maximum Gasteiger partial charge on any atom is 0.416 e. The topological polar surface area (TPSA) is 89.0 Å². The lowest BCUT2D eigenvalue weighted by Gasteiger charge is -2.29. The van der Waals surface area contributed by atoms with Gasteiger partial charge in [-0.2, -0.15) is 31.6 Å². The highest BCUT2D eigenvalue weighted by molar-refractivity contribution is 7.89. The zero-order valence-corrected chi connectivity index (χ0v) is 20.2. The van der Waals surface area contributed by atoms with E-state index in [1.807, 2.05) is 0 Å². The van der Waals surface area contributed by atoms with Crippen LogP contribution in [0, 0.1) is 18.3 Å². The molecule has 1 aromatic heterocycles. The van der Waals surface area contributed by atoms with Gasteiger partial charge in [-0.1, -0.05) is 23.8 Å². The molecule has 0 spiro atoms. The molecule has 2 atom stereocenters. The highest BCUT2D eigenvalue weighted by Crippen LogP contribution is 2.47. The number of hydrogen-bond acceptors (Lipinski definition) is 5. The minimum Gasteiger partial charge on any atom is -0.437 e. The van der Waals surface area contributed by atoms with E-state index in [2.05, 4.69) is 4.98 Å². The van der Waals surface area contributed by atoms with Crippen LogP contribution in [-0.4, -0.2) is 9.19 Å². The molecule has 0 fully saturated rings. The first kappa shape index (κ1) is 26.9. The lowest BCUT2D eigenvalue weighted by Crippen LogP contribution is -2.24. The molecule has 0 bridgehead atoms. The number of ether oxygens (including phenoxy) is 1. The third kappa shape index (κ3) is 5.28. The summed E-state index contributed by atoms with van der Waals surface area (Å²) >= 11 is 0. The van der Waals surface area contributed by atoms with E-state index in [0.29, 0.717) is 12.1 Å². The third-order valence-electron chi connectivity index (χ3n) is 5.65. The van der Waals surface area contributed by atoms with Gasteiger partial charge < -0.3 is 10.5 Å². The number of alkyl halides is 6. The van der Waals surface area contributed by atoms with Crippen molar-refractivity contribution in [3.8, 4) is 6.07 Å². The average molecular weight is 549 g/mol. The summed E-state index contributed by atoms with van der Waals surface area (Å²) in [5, 5.41) is 9.87. The van der Waals surface area contributed by atoms with Crippen LogP contribution < -0.4 is 5.73 Å². The Morgan fingerprint density at radius 2 is 1.58 bits per heavy atom. The summed E-state index contributed by atoms with van der Waals surface area (Å²) in [6, 6.07) is 13.5. The van der Waals surface area contributed by atoms with Gasteiger partial charge in [0.1, 0.15) is 17.3 Å². The largest absolute Gasteiger partial charge is 0.437 e. The molecule has 0 unspecified atom stereocenters. The van der Waals surface area contributed by atoms with Gasteiger partial charge in [-0.25, -0.2) is 4.21 Å². The Labute approximate surface area is 215 Å². The van der Waals surface area contributed by atoms with Crippen LogP contribution in [0.4, 0.5) is 26.3 Å². The number of nitrogens with zero attached hydrogens (tertiary/aromatic N) is 2. The van der Waals surface area contributed by atoms with E-state index >= 15 is 0 Å². The van der Waals surface area contributed by atoms with Crippen molar-refractivity contribution in [1.29, 1.82) is 5.26 Å². The Kier molecular flexibility index (Phi) is 7.08. The molecule has 38 heavy (non-hydrogen) atoms. The number of pyridine rings is 1. The lowest BCUT2D eigenvalue weighted by molar-refractivity contribution is -0.143. The van der Waals surface area contributed by atoms with E-state index in [1.54, 1.807) is 37.3 Å². The predicted molar refractivity (Wildman–Crippen MR) is 126 cm³/mol.